The normalized spacial score (nSPS) is 11.1. The summed E-state index contributed by atoms with van der Waals surface area (Å²) in [6.07, 6.45) is 2.60. The quantitative estimate of drug-likeness (QED) is 0.737. The van der Waals surface area contributed by atoms with Gasteiger partial charge in [-0.3, -0.25) is 0 Å². The van der Waals surface area contributed by atoms with E-state index in [0.717, 1.165) is 26.7 Å². The molecule has 0 aliphatic carbocycles. The van der Waals surface area contributed by atoms with Crippen molar-refractivity contribution >= 4 is 50.9 Å². The number of fused-ring (bicyclic) bond motifs is 1. The summed E-state index contributed by atoms with van der Waals surface area (Å²) in [5.41, 5.74) is 5.78. The van der Waals surface area contributed by atoms with Crippen LogP contribution in [0.5, 0.6) is 0 Å². The number of nitrogens with zero attached hydrogens (tertiary/aromatic N) is 3. The SMILES string of the molecule is CCc1cc2c(Sc3ccc(Cl)cn3)nc(N)nc2s1. The standard InChI is InChI=1S/C13H11ClN4S2/c1-2-8-5-9-11(19-8)17-13(15)18-12(9)20-10-4-3-7(14)6-16-10/h3-6H,2H2,1H3,(H2,15,17,18). The van der Waals surface area contributed by atoms with Crippen LogP contribution < -0.4 is 5.73 Å². The predicted molar refractivity (Wildman–Crippen MR) is 84.6 cm³/mol. The Morgan fingerprint density at radius 1 is 1.35 bits per heavy atom. The van der Waals surface area contributed by atoms with Crippen molar-refractivity contribution in [2.75, 3.05) is 5.73 Å². The molecule has 20 heavy (non-hydrogen) atoms. The lowest BCUT2D eigenvalue weighted by Gasteiger charge is -2.02. The molecule has 102 valence electrons. The van der Waals surface area contributed by atoms with Crippen molar-refractivity contribution in [3.8, 4) is 0 Å². The van der Waals surface area contributed by atoms with Gasteiger partial charge in [0, 0.05) is 16.5 Å². The Morgan fingerprint density at radius 2 is 2.20 bits per heavy atom. The minimum atomic E-state index is 0.290. The molecule has 3 aromatic rings. The highest BCUT2D eigenvalue weighted by molar-refractivity contribution is 7.99. The molecule has 0 bridgehead atoms. The first-order chi connectivity index (χ1) is 9.65. The van der Waals surface area contributed by atoms with Gasteiger partial charge in [0.2, 0.25) is 5.95 Å². The Morgan fingerprint density at radius 3 is 2.90 bits per heavy atom. The van der Waals surface area contributed by atoms with Gasteiger partial charge in [0.15, 0.2) is 0 Å². The number of halogens is 1. The Hall–Kier alpha value is -1.37. The summed E-state index contributed by atoms with van der Waals surface area (Å²) in [5, 5.41) is 3.31. The van der Waals surface area contributed by atoms with Crippen LogP contribution in [-0.2, 0) is 6.42 Å². The summed E-state index contributed by atoms with van der Waals surface area (Å²) in [6.45, 7) is 2.12. The molecule has 3 heterocycles. The van der Waals surface area contributed by atoms with Crippen molar-refractivity contribution in [1.82, 2.24) is 15.0 Å². The molecule has 7 heteroatoms. The zero-order valence-electron chi connectivity index (χ0n) is 10.6. The zero-order valence-corrected chi connectivity index (χ0v) is 13.0. The van der Waals surface area contributed by atoms with E-state index in [-0.39, 0.29) is 0 Å². The van der Waals surface area contributed by atoms with Crippen LogP contribution in [0.4, 0.5) is 5.95 Å². The fraction of sp³-hybridized carbons (Fsp3) is 0.154. The van der Waals surface area contributed by atoms with Crippen molar-refractivity contribution in [2.24, 2.45) is 0 Å². The van der Waals surface area contributed by atoms with Crippen molar-refractivity contribution < 1.29 is 0 Å². The molecular weight excluding hydrogens is 312 g/mol. The molecule has 4 nitrogen and oxygen atoms in total. The third kappa shape index (κ3) is 2.72. The van der Waals surface area contributed by atoms with Crippen molar-refractivity contribution in [3.05, 3.63) is 34.3 Å². The van der Waals surface area contributed by atoms with Crippen LogP contribution in [0.3, 0.4) is 0 Å². The van der Waals surface area contributed by atoms with Gasteiger partial charge < -0.3 is 5.73 Å². The van der Waals surface area contributed by atoms with Crippen molar-refractivity contribution in [3.63, 3.8) is 0 Å². The van der Waals surface area contributed by atoms with Crippen molar-refractivity contribution in [1.29, 1.82) is 0 Å². The van der Waals surface area contributed by atoms with Crippen LogP contribution in [0.2, 0.25) is 5.02 Å². The second-order valence-electron chi connectivity index (χ2n) is 4.09. The van der Waals surface area contributed by atoms with E-state index in [2.05, 4.69) is 27.9 Å². The number of hydrogen-bond donors (Lipinski definition) is 1. The second kappa shape index (κ2) is 5.55. The Labute approximate surface area is 129 Å². The highest BCUT2D eigenvalue weighted by Gasteiger charge is 2.12. The molecule has 0 aliphatic rings. The molecule has 0 aliphatic heterocycles. The number of aryl methyl sites for hydroxylation is 1. The van der Waals surface area contributed by atoms with Crippen LogP contribution in [0.25, 0.3) is 10.2 Å². The highest BCUT2D eigenvalue weighted by atomic mass is 35.5. The fourth-order valence-electron chi connectivity index (χ4n) is 1.73. The van der Waals surface area contributed by atoms with Crippen LogP contribution in [0.1, 0.15) is 11.8 Å². The summed E-state index contributed by atoms with van der Waals surface area (Å²) in [6, 6.07) is 5.80. The van der Waals surface area contributed by atoms with E-state index in [1.54, 1.807) is 17.5 Å². The molecule has 0 saturated carbocycles. The first-order valence-electron chi connectivity index (χ1n) is 6.01. The molecule has 0 saturated heterocycles. The lowest BCUT2D eigenvalue weighted by Crippen LogP contribution is -1.95. The molecule has 0 aromatic carbocycles. The number of aromatic nitrogens is 3. The molecule has 3 aromatic heterocycles. The molecule has 0 unspecified atom stereocenters. The number of rotatable bonds is 3. The molecule has 0 fully saturated rings. The third-order valence-corrected chi connectivity index (χ3v) is 5.03. The summed E-state index contributed by atoms with van der Waals surface area (Å²) < 4.78 is 0. The minimum absolute atomic E-state index is 0.290. The third-order valence-electron chi connectivity index (χ3n) is 2.68. The van der Waals surface area contributed by atoms with Crippen LogP contribution in [0, 0.1) is 0 Å². The topological polar surface area (TPSA) is 64.7 Å². The lowest BCUT2D eigenvalue weighted by atomic mass is 10.3. The first kappa shape index (κ1) is 13.6. The number of pyridine rings is 1. The van der Waals surface area contributed by atoms with Gasteiger partial charge in [-0.25, -0.2) is 15.0 Å². The first-order valence-corrected chi connectivity index (χ1v) is 8.02. The van der Waals surface area contributed by atoms with E-state index >= 15 is 0 Å². The summed E-state index contributed by atoms with van der Waals surface area (Å²) in [7, 11) is 0. The zero-order chi connectivity index (χ0) is 14.1. The van der Waals surface area contributed by atoms with Crippen LogP contribution >= 0.6 is 34.7 Å². The van der Waals surface area contributed by atoms with E-state index in [1.165, 1.54) is 16.6 Å². The van der Waals surface area contributed by atoms with Gasteiger partial charge in [-0.15, -0.1) is 11.3 Å². The van der Waals surface area contributed by atoms with E-state index in [4.69, 9.17) is 17.3 Å². The Kier molecular flexibility index (Phi) is 3.78. The summed E-state index contributed by atoms with van der Waals surface area (Å²) in [5.74, 6) is 0.290. The highest BCUT2D eigenvalue weighted by Crippen LogP contribution is 2.35. The predicted octanol–water partition coefficient (Wildman–Crippen LogP) is 4.04. The van der Waals surface area contributed by atoms with Gasteiger partial charge >= 0.3 is 0 Å². The van der Waals surface area contributed by atoms with Gasteiger partial charge in [0.1, 0.15) is 14.9 Å². The lowest BCUT2D eigenvalue weighted by molar-refractivity contribution is 1.09. The maximum absolute atomic E-state index is 5.84. The summed E-state index contributed by atoms with van der Waals surface area (Å²) in [4.78, 5) is 15.1. The molecule has 0 spiro atoms. The average Bonchev–Trinajstić information content (AvgIpc) is 2.84. The molecular formula is C13H11ClN4S2. The van der Waals surface area contributed by atoms with E-state index in [0.29, 0.717) is 11.0 Å². The molecule has 0 amide bonds. The van der Waals surface area contributed by atoms with Crippen molar-refractivity contribution in [2.45, 2.75) is 23.4 Å². The van der Waals surface area contributed by atoms with Gasteiger partial charge in [-0.1, -0.05) is 18.5 Å². The van der Waals surface area contributed by atoms with Gasteiger partial charge in [0.05, 0.1) is 5.02 Å². The van der Waals surface area contributed by atoms with Gasteiger partial charge in [0.25, 0.3) is 0 Å². The number of anilines is 1. The maximum Gasteiger partial charge on any atom is 0.222 e. The number of hydrogen-bond acceptors (Lipinski definition) is 6. The second-order valence-corrected chi connectivity index (χ2v) is 6.65. The number of nitrogen functional groups attached to an aromatic ring is 1. The Bertz CT molecular complexity index is 755. The van der Waals surface area contributed by atoms with E-state index in [9.17, 15) is 0 Å². The van der Waals surface area contributed by atoms with Crippen LogP contribution in [0.15, 0.2) is 34.4 Å². The van der Waals surface area contributed by atoms with E-state index < -0.39 is 0 Å². The molecule has 3 rings (SSSR count). The van der Waals surface area contributed by atoms with E-state index in [1.807, 2.05) is 12.1 Å². The number of thiophene rings is 1. The minimum Gasteiger partial charge on any atom is -0.368 e. The molecule has 0 radical (unpaired) electrons. The number of nitrogens with two attached hydrogens (primary N) is 1. The largest absolute Gasteiger partial charge is 0.368 e. The smallest absolute Gasteiger partial charge is 0.222 e. The van der Waals surface area contributed by atoms with Crippen LogP contribution in [-0.4, -0.2) is 15.0 Å². The van der Waals surface area contributed by atoms with Gasteiger partial charge in [-0.2, -0.15) is 0 Å². The average molecular weight is 323 g/mol. The Balaban J connectivity index is 2.05. The monoisotopic (exact) mass is 322 g/mol. The molecule has 0 atom stereocenters. The molecule has 2 N–H and O–H groups in total. The fourth-order valence-corrected chi connectivity index (χ4v) is 3.73. The summed E-state index contributed by atoms with van der Waals surface area (Å²) >= 11 is 8.96. The maximum atomic E-state index is 5.84. The van der Waals surface area contributed by atoms with Gasteiger partial charge in [-0.05, 0) is 36.4 Å².